The average molecular weight is 284 g/mol. The molecule has 1 aromatic carbocycles. The second kappa shape index (κ2) is 5.08. The third-order valence-electron chi connectivity index (χ3n) is 3.03. The molecule has 0 aliphatic heterocycles. The van der Waals surface area contributed by atoms with Crippen molar-refractivity contribution in [3.8, 4) is 5.75 Å². The molecule has 1 aliphatic carbocycles. The van der Waals surface area contributed by atoms with Crippen LogP contribution in [-0.4, -0.2) is 32.7 Å². The molecule has 104 valence electrons. The molecule has 0 spiro atoms. The zero-order valence-electron chi connectivity index (χ0n) is 10.8. The molecule has 1 aromatic rings. The fraction of sp³-hybridized carbons (Fsp3) is 0.417. The van der Waals surface area contributed by atoms with Gasteiger partial charge in [0.25, 0.3) is 0 Å². The number of oxime groups is 1. The third kappa shape index (κ3) is 2.81. The number of fused-ring (bicyclic) bond motifs is 1. The van der Waals surface area contributed by atoms with Gasteiger partial charge in [-0.1, -0.05) is 11.2 Å². The van der Waals surface area contributed by atoms with Crippen LogP contribution >= 0.6 is 0 Å². The number of nitrogens with zero attached hydrogens (tertiary/aromatic N) is 1. The highest BCUT2D eigenvalue weighted by molar-refractivity contribution is 7.92. The first kappa shape index (κ1) is 13.7. The molecular formula is C12H16N2O4S. The Morgan fingerprint density at radius 3 is 2.68 bits per heavy atom. The Morgan fingerprint density at radius 2 is 2.11 bits per heavy atom. The lowest BCUT2D eigenvalue weighted by Crippen LogP contribution is -2.16. The summed E-state index contributed by atoms with van der Waals surface area (Å²) in [5.74, 6) is 0.490. The quantitative estimate of drug-likeness (QED) is 0.651. The van der Waals surface area contributed by atoms with Gasteiger partial charge in [0, 0.05) is 11.1 Å². The van der Waals surface area contributed by atoms with E-state index in [1.807, 2.05) is 0 Å². The SMILES string of the molecule is COc1c(NS(C)(=O)=O)ccc2c1CCC/C2=N/O. The van der Waals surface area contributed by atoms with E-state index in [0.29, 0.717) is 23.6 Å². The standard InChI is InChI=1S/C12H16N2O4S/c1-18-12-9-4-3-5-10(13-15)8(9)6-7-11(12)14-19(2,16)17/h6-7,14-15H,3-5H2,1-2H3/b13-10-. The molecule has 1 aliphatic rings. The highest BCUT2D eigenvalue weighted by atomic mass is 32.2. The molecule has 0 heterocycles. The zero-order chi connectivity index (χ0) is 14.0. The van der Waals surface area contributed by atoms with E-state index < -0.39 is 10.0 Å². The van der Waals surface area contributed by atoms with Gasteiger partial charge in [0.1, 0.15) is 5.75 Å². The lowest BCUT2D eigenvalue weighted by atomic mass is 9.89. The summed E-state index contributed by atoms with van der Waals surface area (Å²) in [6.45, 7) is 0. The molecule has 6 nitrogen and oxygen atoms in total. The highest BCUT2D eigenvalue weighted by Crippen LogP contribution is 2.36. The molecule has 2 N–H and O–H groups in total. The van der Waals surface area contributed by atoms with E-state index in [4.69, 9.17) is 9.94 Å². The van der Waals surface area contributed by atoms with Crippen LogP contribution in [-0.2, 0) is 16.4 Å². The van der Waals surface area contributed by atoms with Crippen LogP contribution in [0.3, 0.4) is 0 Å². The van der Waals surface area contributed by atoms with Crippen LogP contribution in [0.15, 0.2) is 17.3 Å². The lowest BCUT2D eigenvalue weighted by Gasteiger charge is -2.21. The predicted octanol–water partition coefficient (Wildman–Crippen LogP) is 1.58. The van der Waals surface area contributed by atoms with Gasteiger partial charge in [0.2, 0.25) is 10.0 Å². The number of anilines is 1. The van der Waals surface area contributed by atoms with E-state index in [9.17, 15) is 8.42 Å². The van der Waals surface area contributed by atoms with Gasteiger partial charge in [0.15, 0.2) is 0 Å². The number of benzene rings is 1. The Hall–Kier alpha value is -1.76. The third-order valence-corrected chi connectivity index (χ3v) is 3.62. The highest BCUT2D eigenvalue weighted by Gasteiger charge is 2.22. The van der Waals surface area contributed by atoms with Crippen LogP contribution in [0.1, 0.15) is 24.0 Å². The molecule has 0 saturated heterocycles. The molecule has 0 amide bonds. The maximum absolute atomic E-state index is 11.3. The van der Waals surface area contributed by atoms with Gasteiger partial charge in [-0.25, -0.2) is 8.42 Å². The Morgan fingerprint density at radius 1 is 1.37 bits per heavy atom. The number of hydrogen-bond acceptors (Lipinski definition) is 5. The molecule has 2 rings (SSSR count). The lowest BCUT2D eigenvalue weighted by molar-refractivity contribution is 0.317. The Labute approximate surface area is 112 Å². The molecule has 0 unspecified atom stereocenters. The van der Waals surface area contributed by atoms with E-state index in [2.05, 4.69) is 9.88 Å². The zero-order valence-corrected chi connectivity index (χ0v) is 11.6. The number of nitrogens with one attached hydrogen (secondary N) is 1. The van der Waals surface area contributed by atoms with Crippen molar-refractivity contribution in [3.63, 3.8) is 0 Å². The number of rotatable bonds is 3. The predicted molar refractivity (Wildman–Crippen MR) is 72.7 cm³/mol. The Balaban J connectivity index is 2.56. The van der Waals surface area contributed by atoms with Crippen LogP contribution in [0.5, 0.6) is 5.75 Å². The molecule has 19 heavy (non-hydrogen) atoms. The minimum atomic E-state index is -3.37. The van der Waals surface area contributed by atoms with E-state index in [0.717, 1.165) is 30.2 Å². The summed E-state index contributed by atoms with van der Waals surface area (Å²) < 4.78 is 30.4. The summed E-state index contributed by atoms with van der Waals surface area (Å²) in [5, 5.41) is 12.3. The second-order valence-electron chi connectivity index (χ2n) is 4.45. The molecule has 0 radical (unpaired) electrons. The minimum absolute atomic E-state index is 0.405. The van der Waals surface area contributed by atoms with Crippen LogP contribution in [0, 0.1) is 0 Å². The van der Waals surface area contributed by atoms with Crippen molar-refractivity contribution in [2.75, 3.05) is 18.1 Å². The van der Waals surface area contributed by atoms with Crippen LogP contribution in [0.4, 0.5) is 5.69 Å². The first-order chi connectivity index (χ1) is 8.96. The van der Waals surface area contributed by atoms with Crippen LogP contribution in [0.2, 0.25) is 0 Å². The monoisotopic (exact) mass is 284 g/mol. The first-order valence-electron chi connectivity index (χ1n) is 5.85. The molecule has 0 bridgehead atoms. The second-order valence-corrected chi connectivity index (χ2v) is 6.20. The van der Waals surface area contributed by atoms with Crippen molar-refractivity contribution in [3.05, 3.63) is 23.3 Å². The summed E-state index contributed by atoms with van der Waals surface area (Å²) in [6.07, 6.45) is 3.39. The largest absolute Gasteiger partial charge is 0.494 e. The van der Waals surface area contributed by atoms with Crippen molar-refractivity contribution in [2.24, 2.45) is 5.16 Å². The number of ether oxygens (including phenoxy) is 1. The Bertz CT molecular complexity index is 623. The fourth-order valence-electron chi connectivity index (χ4n) is 2.33. The first-order valence-corrected chi connectivity index (χ1v) is 7.74. The van der Waals surface area contributed by atoms with Crippen LogP contribution < -0.4 is 9.46 Å². The smallest absolute Gasteiger partial charge is 0.229 e. The van der Waals surface area contributed by atoms with Crippen molar-refractivity contribution in [1.82, 2.24) is 0 Å². The summed E-state index contributed by atoms with van der Waals surface area (Å²) in [6, 6.07) is 3.37. The van der Waals surface area contributed by atoms with E-state index in [1.165, 1.54) is 7.11 Å². The summed E-state index contributed by atoms with van der Waals surface area (Å²) in [4.78, 5) is 0. The summed E-state index contributed by atoms with van der Waals surface area (Å²) in [7, 11) is -1.87. The molecule has 0 saturated carbocycles. The van der Waals surface area contributed by atoms with Gasteiger partial charge >= 0.3 is 0 Å². The van der Waals surface area contributed by atoms with Crippen molar-refractivity contribution < 1.29 is 18.4 Å². The molecule has 0 atom stereocenters. The minimum Gasteiger partial charge on any atom is -0.494 e. The Kier molecular flexibility index (Phi) is 3.66. The number of methoxy groups -OCH3 is 1. The number of hydrogen-bond donors (Lipinski definition) is 2. The van der Waals surface area contributed by atoms with E-state index in [1.54, 1.807) is 12.1 Å². The van der Waals surface area contributed by atoms with E-state index in [-0.39, 0.29) is 0 Å². The normalized spacial score (nSPS) is 17.1. The molecular weight excluding hydrogens is 268 g/mol. The van der Waals surface area contributed by atoms with Crippen molar-refractivity contribution in [2.45, 2.75) is 19.3 Å². The van der Waals surface area contributed by atoms with Gasteiger partial charge in [0.05, 0.1) is 24.8 Å². The van der Waals surface area contributed by atoms with Gasteiger partial charge < -0.3 is 9.94 Å². The number of sulfonamides is 1. The molecule has 0 aromatic heterocycles. The van der Waals surface area contributed by atoms with E-state index >= 15 is 0 Å². The van der Waals surface area contributed by atoms with Gasteiger partial charge in [-0.05, 0) is 25.3 Å². The molecule has 0 fully saturated rings. The average Bonchev–Trinajstić information content (AvgIpc) is 2.35. The topological polar surface area (TPSA) is 88.0 Å². The van der Waals surface area contributed by atoms with Crippen molar-refractivity contribution in [1.29, 1.82) is 0 Å². The maximum Gasteiger partial charge on any atom is 0.229 e. The van der Waals surface area contributed by atoms with Crippen LogP contribution in [0.25, 0.3) is 0 Å². The van der Waals surface area contributed by atoms with Gasteiger partial charge in [-0.2, -0.15) is 0 Å². The van der Waals surface area contributed by atoms with Crippen molar-refractivity contribution >= 4 is 21.4 Å². The van der Waals surface area contributed by atoms with Gasteiger partial charge in [-0.3, -0.25) is 4.72 Å². The summed E-state index contributed by atoms with van der Waals surface area (Å²) >= 11 is 0. The fourth-order valence-corrected chi connectivity index (χ4v) is 2.89. The molecule has 7 heteroatoms. The maximum atomic E-state index is 11.3. The summed E-state index contributed by atoms with van der Waals surface area (Å²) in [5.41, 5.74) is 2.69. The van der Waals surface area contributed by atoms with Gasteiger partial charge in [-0.15, -0.1) is 0 Å².